The molecule has 0 aromatic heterocycles. The number of halogens is 2. The fourth-order valence-electron chi connectivity index (χ4n) is 3.80. The molecule has 2 fully saturated rings. The normalized spacial score (nSPS) is 19.5. The predicted molar refractivity (Wildman–Crippen MR) is 116 cm³/mol. The maximum atomic E-state index is 14.6. The lowest BCUT2D eigenvalue weighted by Crippen LogP contribution is -2.55. The van der Waals surface area contributed by atoms with Gasteiger partial charge in [0.05, 0.1) is 12.1 Å². The van der Waals surface area contributed by atoms with Crippen LogP contribution in [0, 0.1) is 17.2 Å². The van der Waals surface area contributed by atoms with Crippen LogP contribution in [0.4, 0.5) is 14.5 Å². The van der Waals surface area contributed by atoms with Gasteiger partial charge in [0.2, 0.25) is 11.8 Å². The van der Waals surface area contributed by atoms with Gasteiger partial charge in [0.25, 0.3) is 0 Å². The van der Waals surface area contributed by atoms with Gasteiger partial charge < -0.3 is 20.1 Å². The van der Waals surface area contributed by atoms with Gasteiger partial charge in [0.15, 0.2) is 6.10 Å². The Morgan fingerprint density at radius 3 is 2.61 bits per heavy atom. The van der Waals surface area contributed by atoms with E-state index < -0.39 is 31.1 Å². The monoisotopic (exact) mass is 455 g/mol. The first kappa shape index (κ1) is 22.7. The quantitative estimate of drug-likeness (QED) is 0.697. The average molecular weight is 455 g/mol. The molecule has 1 unspecified atom stereocenters. The number of aliphatic hydroxyl groups is 1. The summed E-state index contributed by atoms with van der Waals surface area (Å²) in [5.41, 5.74) is 2.18. The molecular weight excluding hydrogens is 432 g/mol. The number of hydrogen-bond acceptors (Lipinski definition) is 5. The number of anilines is 1. The summed E-state index contributed by atoms with van der Waals surface area (Å²) in [5.74, 6) is -4.00. The number of nitrogens with zero attached hydrogens (tertiary/aromatic N) is 2. The van der Waals surface area contributed by atoms with Crippen LogP contribution < -0.4 is 10.1 Å². The number of amides is 2. The zero-order valence-electron chi connectivity index (χ0n) is 17.8. The summed E-state index contributed by atoms with van der Waals surface area (Å²) >= 11 is 0. The number of hydrogen-bond donors (Lipinski definition) is 2. The molecular formula is C24H23F2N3O4. The number of carbonyl (C=O) groups is 2. The highest BCUT2D eigenvalue weighted by atomic mass is 19.3. The van der Waals surface area contributed by atoms with Crippen molar-refractivity contribution in [3.05, 3.63) is 48.0 Å². The zero-order valence-corrected chi connectivity index (χ0v) is 17.8. The molecule has 4 rings (SSSR count). The average Bonchev–Trinajstić information content (AvgIpc) is 3.65. The van der Waals surface area contributed by atoms with E-state index in [0.717, 1.165) is 23.3 Å². The Labute approximate surface area is 189 Å². The number of rotatable bonds is 6. The number of likely N-dealkylation sites (tertiary alicyclic amines) is 1. The zero-order chi connectivity index (χ0) is 23.6. The number of aliphatic hydroxyl groups excluding tert-OH is 1. The molecule has 0 bridgehead atoms. The van der Waals surface area contributed by atoms with Crippen molar-refractivity contribution in [2.75, 3.05) is 25.0 Å². The van der Waals surface area contributed by atoms with E-state index in [1.165, 1.54) is 6.07 Å². The molecule has 1 heterocycles. The Morgan fingerprint density at radius 2 is 1.94 bits per heavy atom. The lowest BCUT2D eigenvalue weighted by atomic mass is 10.0. The number of benzene rings is 2. The van der Waals surface area contributed by atoms with Crippen LogP contribution in [0.25, 0.3) is 11.1 Å². The molecule has 2 N–H and O–H groups in total. The lowest BCUT2D eigenvalue weighted by molar-refractivity contribution is -0.161. The molecule has 0 radical (unpaired) electrons. The second kappa shape index (κ2) is 9.16. The van der Waals surface area contributed by atoms with Crippen LogP contribution in [0.5, 0.6) is 5.75 Å². The molecule has 1 aliphatic heterocycles. The molecule has 1 aliphatic carbocycles. The fraction of sp³-hybridized carbons (Fsp3) is 0.375. The smallest absolute Gasteiger partial charge is 0.301 e. The molecule has 9 heteroatoms. The lowest BCUT2D eigenvalue weighted by Gasteiger charge is -2.38. The van der Waals surface area contributed by atoms with Crippen LogP contribution in [0.1, 0.15) is 24.8 Å². The summed E-state index contributed by atoms with van der Waals surface area (Å²) in [6.45, 7) is -1.65. The van der Waals surface area contributed by atoms with E-state index in [1.54, 1.807) is 30.3 Å². The second-order valence-corrected chi connectivity index (χ2v) is 8.30. The number of alkyl halides is 2. The van der Waals surface area contributed by atoms with Crippen LogP contribution in [-0.4, -0.2) is 53.5 Å². The van der Waals surface area contributed by atoms with Crippen molar-refractivity contribution in [2.24, 2.45) is 5.92 Å². The molecule has 1 saturated heterocycles. The van der Waals surface area contributed by atoms with Gasteiger partial charge in [-0.2, -0.15) is 5.26 Å². The topological polar surface area (TPSA) is 103 Å². The summed E-state index contributed by atoms with van der Waals surface area (Å²) in [7, 11) is 0. The fourth-order valence-corrected chi connectivity index (χ4v) is 3.80. The molecule has 2 aliphatic rings. The third-order valence-corrected chi connectivity index (χ3v) is 5.80. The van der Waals surface area contributed by atoms with Crippen LogP contribution >= 0.6 is 0 Å². The SMILES string of the molecule is N#Cc1cc(-c2cccc(NC(=O)C3CC3)c2)ccc1OC1CCN(C(=O)CO)CC1(F)F. The Balaban J connectivity index is 1.50. The minimum atomic E-state index is -3.33. The van der Waals surface area contributed by atoms with Crippen LogP contribution in [0.3, 0.4) is 0 Å². The van der Waals surface area contributed by atoms with E-state index in [-0.39, 0.29) is 36.1 Å². The number of nitriles is 1. The minimum absolute atomic E-state index is 0.0127. The molecule has 1 atom stereocenters. The first-order chi connectivity index (χ1) is 15.8. The Hall–Kier alpha value is -3.51. The number of ether oxygens (including phenoxy) is 1. The highest BCUT2D eigenvalue weighted by Gasteiger charge is 2.47. The van der Waals surface area contributed by atoms with Gasteiger partial charge in [-0.3, -0.25) is 9.59 Å². The van der Waals surface area contributed by atoms with Crippen molar-refractivity contribution >= 4 is 17.5 Å². The molecule has 172 valence electrons. The first-order valence-corrected chi connectivity index (χ1v) is 10.7. The van der Waals surface area contributed by atoms with E-state index in [4.69, 9.17) is 9.84 Å². The maximum absolute atomic E-state index is 14.6. The van der Waals surface area contributed by atoms with Gasteiger partial charge in [0, 0.05) is 24.6 Å². The second-order valence-electron chi connectivity index (χ2n) is 8.30. The van der Waals surface area contributed by atoms with Gasteiger partial charge in [0.1, 0.15) is 18.4 Å². The third-order valence-electron chi connectivity index (χ3n) is 5.80. The largest absolute Gasteiger partial charge is 0.483 e. The number of piperidine rings is 1. The van der Waals surface area contributed by atoms with Gasteiger partial charge >= 0.3 is 5.92 Å². The van der Waals surface area contributed by atoms with E-state index in [9.17, 15) is 23.6 Å². The Morgan fingerprint density at radius 1 is 1.18 bits per heavy atom. The minimum Gasteiger partial charge on any atom is -0.483 e. The molecule has 7 nitrogen and oxygen atoms in total. The first-order valence-electron chi connectivity index (χ1n) is 10.7. The van der Waals surface area contributed by atoms with Crippen LogP contribution in [0.15, 0.2) is 42.5 Å². The van der Waals surface area contributed by atoms with Crippen molar-refractivity contribution in [1.82, 2.24) is 4.90 Å². The van der Waals surface area contributed by atoms with Crippen molar-refractivity contribution in [3.63, 3.8) is 0 Å². The molecule has 33 heavy (non-hydrogen) atoms. The Kier molecular flexibility index (Phi) is 6.29. The van der Waals surface area contributed by atoms with Crippen LogP contribution in [-0.2, 0) is 9.59 Å². The van der Waals surface area contributed by atoms with Crippen molar-refractivity contribution in [3.8, 4) is 22.9 Å². The number of carbonyl (C=O) groups excluding carboxylic acids is 2. The Bertz CT molecular complexity index is 1110. The van der Waals surface area contributed by atoms with Gasteiger partial charge in [-0.15, -0.1) is 0 Å². The van der Waals surface area contributed by atoms with E-state index in [0.29, 0.717) is 11.3 Å². The van der Waals surface area contributed by atoms with Crippen molar-refractivity contribution in [2.45, 2.75) is 31.3 Å². The maximum Gasteiger partial charge on any atom is 0.301 e. The molecule has 2 aromatic carbocycles. The molecule has 2 aromatic rings. The van der Waals surface area contributed by atoms with Gasteiger partial charge in [-0.25, -0.2) is 8.78 Å². The van der Waals surface area contributed by atoms with Gasteiger partial charge in [-0.1, -0.05) is 18.2 Å². The van der Waals surface area contributed by atoms with Gasteiger partial charge in [-0.05, 0) is 48.2 Å². The van der Waals surface area contributed by atoms with E-state index >= 15 is 0 Å². The highest BCUT2D eigenvalue weighted by molar-refractivity contribution is 5.94. The van der Waals surface area contributed by atoms with E-state index in [2.05, 4.69) is 5.32 Å². The molecule has 1 saturated carbocycles. The molecule has 2 amide bonds. The summed E-state index contributed by atoms with van der Waals surface area (Å²) in [5, 5.41) is 21.4. The third kappa shape index (κ3) is 5.12. The summed E-state index contributed by atoms with van der Waals surface area (Å²) in [6, 6.07) is 13.9. The van der Waals surface area contributed by atoms with Crippen LogP contribution in [0.2, 0.25) is 0 Å². The summed E-state index contributed by atoms with van der Waals surface area (Å²) in [6.07, 6.45) is 0.163. The summed E-state index contributed by atoms with van der Waals surface area (Å²) < 4.78 is 34.7. The standard InChI is InChI=1S/C24H23F2N3O4/c25-24(26)14-29(22(31)13-30)9-8-21(24)33-20-7-6-17(10-18(20)12-27)16-2-1-3-19(11-16)28-23(32)15-4-5-15/h1-3,6-7,10-11,15,21,30H,4-5,8-9,13-14H2,(H,28,32). The van der Waals surface area contributed by atoms with E-state index in [1.807, 2.05) is 12.1 Å². The van der Waals surface area contributed by atoms with Crippen molar-refractivity contribution in [1.29, 1.82) is 5.26 Å². The summed E-state index contributed by atoms with van der Waals surface area (Å²) in [4.78, 5) is 24.5. The predicted octanol–water partition coefficient (Wildman–Crippen LogP) is 3.18. The van der Waals surface area contributed by atoms with Crippen molar-refractivity contribution < 1.29 is 28.2 Å². The molecule has 0 spiro atoms. The highest BCUT2D eigenvalue weighted by Crippen LogP contribution is 2.35. The number of nitrogens with one attached hydrogen (secondary N) is 1.